The number of ether oxygens (including phenoxy) is 1. The summed E-state index contributed by atoms with van der Waals surface area (Å²) >= 11 is 0. The molecular formula is C29H36N2O3. The fraction of sp³-hybridized carbons (Fsp3) is 0.517. The highest BCUT2D eigenvalue weighted by Crippen LogP contribution is 2.46. The van der Waals surface area contributed by atoms with Gasteiger partial charge < -0.3 is 14.5 Å². The van der Waals surface area contributed by atoms with Crippen molar-refractivity contribution in [3.8, 4) is 0 Å². The molecular weight excluding hydrogens is 424 g/mol. The van der Waals surface area contributed by atoms with E-state index in [4.69, 9.17) is 4.74 Å². The molecule has 5 rings (SSSR count). The summed E-state index contributed by atoms with van der Waals surface area (Å²) in [7, 11) is 1.96. The van der Waals surface area contributed by atoms with E-state index >= 15 is 0 Å². The molecule has 180 valence electrons. The summed E-state index contributed by atoms with van der Waals surface area (Å²) in [4.78, 5) is 31.4. The van der Waals surface area contributed by atoms with Gasteiger partial charge in [0.25, 0.3) is 0 Å². The Hall–Kier alpha value is -2.66. The number of carbonyl (C=O) groups is 2. The van der Waals surface area contributed by atoms with Crippen molar-refractivity contribution in [1.82, 2.24) is 9.80 Å². The second-order valence-electron chi connectivity index (χ2n) is 10.6. The highest BCUT2D eigenvalue weighted by Gasteiger charge is 2.53. The molecule has 3 saturated heterocycles. The predicted octanol–water partition coefficient (Wildman–Crippen LogP) is 4.13. The topological polar surface area (TPSA) is 49.9 Å². The van der Waals surface area contributed by atoms with Crippen LogP contribution in [0.4, 0.5) is 0 Å². The van der Waals surface area contributed by atoms with Crippen LogP contribution in [0.5, 0.6) is 0 Å². The van der Waals surface area contributed by atoms with Crippen molar-refractivity contribution in [1.29, 1.82) is 0 Å². The second-order valence-corrected chi connectivity index (χ2v) is 10.6. The van der Waals surface area contributed by atoms with Crippen LogP contribution in [0.1, 0.15) is 48.8 Å². The third kappa shape index (κ3) is 4.04. The number of amides is 2. The highest BCUT2D eigenvalue weighted by molar-refractivity contribution is 5.90. The van der Waals surface area contributed by atoms with Crippen LogP contribution in [0.3, 0.4) is 0 Å². The Morgan fingerprint density at radius 2 is 1.71 bits per heavy atom. The Bertz CT molecular complexity index is 1040. The molecule has 0 unspecified atom stereocenters. The number of carbonyl (C=O) groups excluding carboxylic acids is 2. The van der Waals surface area contributed by atoms with Crippen molar-refractivity contribution in [3.63, 3.8) is 0 Å². The van der Waals surface area contributed by atoms with Crippen molar-refractivity contribution < 1.29 is 14.3 Å². The molecule has 5 heteroatoms. The Kier molecular flexibility index (Phi) is 6.24. The van der Waals surface area contributed by atoms with Gasteiger partial charge in [0, 0.05) is 39.4 Å². The summed E-state index contributed by atoms with van der Waals surface area (Å²) in [5.74, 6) is 0.482. The van der Waals surface area contributed by atoms with Gasteiger partial charge in [-0.15, -0.1) is 0 Å². The van der Waals surface area contributed by atoms with Gasteiger partial charge in [0.05, 0.1) is 10.8 Å². The van der Waals surface area contributed by atoms with Crippen LogP contribution >= 0.6 is 0 Å². The molecule has 3 aliphatic heterocycles. The molecule has 2 aromatic rings. The van der Waals surface area contributed by atoms with Gasteiger partial charge >= 0.3 is 0 Å². The summed E-state index contributed by atoms with van der Waals surface area (Å²) < 4.78 is 5.66. The first-order valence-electron chi connectivity index (χ1n) is 12.7. The Balaban J connectivity index is 1.31. The van der Waals surface area contributed by atoms with Crippen LogP contribution in [0, 0.1) is 12.3 Å². The zero-order valence-corrected chi connectivity index (χ0v) is 20.5. The first-order chi connectivity index (χ1) is 16.4. The summed E-state index contributed by atoms with van der Waals surface area (Å²) in [6, 6.07) is 19.1. The fourth-order valence-electron chi connectivity index (χ4n) is 6.46. The highest BCUT2D eigenvalue weighted by atomic mass is 16.5. The standard InChI is InChI=1S/C29H36N2O3/c1-22-7-6-10-24(19-22)29(13-17-34-18-14-29)27(33)31-15-11-28(12-16-31)21-25(30(2)26(28)32)20-23-8-4-3-5-9-23/h3-10,19,25H,11-18,20-21H2,1-2H3/t25-/m1/s1. The minimum absolute atomic E-state index is 0.218. The van der Waals surface area contributed by atoms with Crippen LogP contribution < -0.4 is 0 Å². The largest absolute Gasteiger partial charge is 0.381 e. The lowest BCUT2D eigenvalue weighted by Gasteiger charge is -2.44. The summed E-state index contributed by atoms with van der Waals surface area (Å²) in [5, 5.41) is 0. The smallest absolute Gasteiger partial charge is 0.233 e. The van der Waals surface area contributed by atoms with E-state index in [-0.39, 0.29) is 23.3 Å². The van der Waals surface area contributed by atoms with Crippen molar-refractivity contribution in [3.05, 3.63) is 71.3 Å². The van der Waals surface area contributed by atoms with Gasteiger partial charge in [0.1, 0.15) is 0 Å². The van der Waals surface area contributed by atoms with E-state index in [2.05, 4.69) is 55.5 Å². The molecule has 3 fully saturated rings. The van der Waals surface area contributed by atoms with Gasteiger partial charge in [0.15, 0.2) is 0 Å². The number of likely N-dealkylation sites (N-methyl/N-ethyl adjacent to an activating group) is 1. The molecule has 0 aliphatic carbocycles. The van der Waals surface area contributed by atoms with Gasteiger partial charge in [0.2, 0.25) is 11.8 Å². The van der Waals surface area contributed by atoms with E-state index in [1.54, 1.807) is 0 Å². The number of hydrogen-bond donors (Lipinski definition) is 0. The fourth-order valence-corrected chi connectivity index (χ4v) is 6.46. The third-order valence-corrected chi connectivity index (χ3v) is 8.60. The molecule has 5 nitrogen and oxygen atoms in total. The first-order valence-corrected chi connectivity index (χ1v) is 12.7. The predicted molar refractivity (Wildman–Crippen MR) is 132 cm³/mol. The molecule has 0 bridgehead atoms. The van der Waals surface area contributed by atoms with Crippen LogP contribution in [0.15, 0.2) is 54.6 Å². The average molecular weight is 461 g/mol. The number of hydrogen-bond acceptors (Lipinski definition) is 3. The lowest BCUT2D eigenvalue weighted by molar-refractivity contribution is -0.147. The molecule has 3 heterocycles. The molecule has 2 aromatic carbocycles. The lowest BCUT2D eigenvalue weighted by Crippen LogP contribution is -2.54. The minimum atomic E-state index is -0.513. The second kappa shape index (κ2) is 9.18. The van der Waals surface area contributed by atoms with E-state index in [0.29, 0.717) is 26.3 Å². The zero-order valence-electron chi connectivity index (χ0n) is 20.5. The molecule has 34 heavy (non-hydrogen) atoms. The Morgan fingerprint density at radius 1 is 1.00 bits per heavy atom. The Morgan fingerprint density at radius 3 is 2.38 bits per heavy atom. The van der Waals surface area contributed by atoms with Gasteiger partial charge in [-0.3, -0.25) is 9.59 Å². The number of nitrogens with zero attached hydrogens (tertiary/aromatic N) is 2. The normalized spacial score (nSPS) is 23.9. The summed E-state index contributed by atoms with van der Waals surface area (Å²) in [6.45, 7) is 4.62. The number of rotatable bonds is 4. The third-order valence-electron chi connectivity index (χ3n) is 8.60. The summed E-state index contributed by atoms with van der Waals surface area (Å²) in [5.41, 5.74) is 2.73. The van der Waals surface area contributed by atoms with E-state index in [9.17, 15) is 9.59 Å². The van der Waals surface area contributed by atoms with E-state index in [1.807, 2.05) is 22.9 Å². The zero-order chi connectivity index (χ0) is 23.8. The molecule has 1 spiro atoms. The molecule has 2 amide bonds. The molecule has 0 saturated carbocycles. The van der Waals surface area contributed by atoms with Crippen molar-refractivity contribution in [2.45, 2.75) is 56.9 Å². The number of benzene rings is 2. The van der Waals surface area contributed by atoms with E-state index in [1.165, 1.54) is 11.1 Å². The quantitative estimate of drug-likeness (QED) is 0.690. The van der Waals surface area contributed by atoms with E-state index in [0.717, 1.165) is 44.1 Å². The monoisotopic (exact) mass is 460 g/mol. The van der Waals surface area contributed by atoms with Gasteiger partial charge in [-0.25, -0.2) is 0 Å². The van der Waals surface area contributed by atoms with Crippen molar-refractivity contribution in [2.24, 2.45) is 5.41 Å². The summed E-state index contributed by atoms with van der Waals surface area (Å²) in [6.07, 6.45) is 4.73. The molecule has 1 atom stereocenters. The van der Waals surface area contributed by atoms with Crippen LogP contribution in [0.2, 0.25) is 0 Å². The maximum Gasteiger partial charge on any atom is 0.233 e. The number of piperidine rings is 1. The maximum absolute atomic E-state index is 14.0. The van der Waals surface area contributed by atoms with Crippen LogP contribution in [-0.2, 0) is 26.2 Å². The minimum Gasteiger partial charge on any atom is -0.381 e. The van der Waals surface area contributed by atoms with Gasteiger partial charge in [-0.1, -0.05) is 60.2 Å². The molecule has 0 radical (unpaired) electrons. The SMILES string of the molecule is Cc1cccc(C2(C(=O)N3CCC4(CC3)C[C@@H](Cc3ccccc3)N(C)C4=O)CCOCC2)c1. The number of aryl methyl sites for hydroxylation is 1. The molecule has 0 N–H and O–H groups in total. The van der Waals surface area contributed by atoms with Crippen molar-refractivity contribution in [2.75, 3.05) is 33.4 Å². The lowest BCUT2D eigenvalue weighted by atomic mass is 9.71. The Labute approximate surface area is 203 Å². The van der Waals surface area contributed by atoms with Crippen LogP contribution in [-0.4, -0.2) is 61.0 Å². The first kappa shape index (κ1) is 23.1. The van der Waals surface area contributed by atoms with Gasteiger partial charge in [-0.2, -0.15) is 0 Å². The molecule has 3 aliphatic rings. The number of likely N-dealkylation sites (tertiary alicyclic amines) is 2. The molecule has 0 aromatic heterocycles. The van der Waals surface area contributed by atoms with E-state index < -0.39 is 5.41 Å². The van der Waals surface area contributed by atoms with Crippen LogP contribution in [0.25, 0.3) is 0 Å². The van der Waals surface area contributed by atoms with Gasteiger partial charge in [-0.05, 0) is 56.6 Å². The average Bonchev–Trinajstić information content (AvgIpc) is 3.09. The maximum atomic E-state index is 14.0. The van der Waals surface area contributed by atoms with Crippen molar-refractivity contribution >= 4 is 11.8 Å².